The fourth-order valence-electron chi connectivity index (χ4n) is 1.39. The van der Waals surface area contributed by atoms with Gasteiger partial charge in [-0.25, -0.2) is 4.79 Å². The molecule has 9 heteroatoms. The fraction of sp³-hybridized carbons (Fsp3) is 0.692. The highest BCUT2D eigenvalue weighted by molar-refractivity contribution is 6.05. The SMILES string of the molecule is COCC(C)N=C(/C(=C\N)NC(=O)OC(C)(C)C)C(F)(F)F. The maximum Gasteiger partial charge on any atom is 0.435 e. The Balaban J connectivity index is 5.31. The maximum atomic E-state index is 13.1. The second-order valence-electron chi connectivity index (χ2n) is 5.49. The molecule has 0 aliphatic carbocycles. The molecule has 0 radical (unpaired) electrons. The number of nitrogens with one attached hydrogen (secondary N) is 1. The Kier molecular flexibility index (Phi) is 7.37. The number of carbonyl (C=O) groups excluding carboxylic acids is 1. The summed E-state index contributed by atoms with van der Waals surface area (Å²) in [5.41, 5.74) is 2.35. The highest BCUT2D eigenvalue weighted by Gasteiger charge is 2.39. The van der Waals surface area contributed by atoms with Gasteiger partial charge < -0.3 is 15.2 Å². The van der Waals surface area contributed by atoms with Crippen molar-refractivity contribution in [2.45, 2.75) is 45.5 Å². The van der Waals surface area contributed by atoms with Gasteiger partial charge in [-0.2, -0.15) is 13.2 Å². The van der Waals surface area contributed by atoms with Gasteiger partial charge in [-0.05, 0) is 27.7 Å². The summed E-state index contributed by atoms with van der Waals surface area (Å²) < 4.78 is 48.9. The first-order valence-electron chi connectivity index (χ1n) is 6.47. The normalized spacial score (nSPS) is 15.5. The van der Waals surface area contributed by atoms with Gasteiger partial charge in [0.15, 0.2) is 5.71 Å². The Hall–Kier alpha value is -1.77. The van der Waals surface area contributed by atoms with Gasteiger partial charge in [0.1, 0.15) is 5.60 Å². The maximum absolute atomic E-state index is 13.1. The molecule has 6 nitrogen and oxygen atoms in total. The summed E-state index contributed by atoms with van der Waals surface area (Å²) in [4.78, 5) is 15.1. The number of alkyl halides is 3. The summed E-state index contributed by atoms with van der Waals surface area (Å²) in [5, 5.41) is 1.96. The topological polar surface area (TPSA) is 85.9 Å². The number of allylic oxidation sites excluding steroid dienone is 1. The van der Waals surface area contributed by atoms with Crippen LogP contribution in [0.15, 0.2) is 16.9 Å². The van der Waals surface area contributed by atoms with Crippen molar-refractivity contribution in [3.8, 4) is 0 Å². The van der Waals surface area contributed by atoms with Crippen molar-refractivity contribution in [1.29, 1.82) is 0 Å². The van der Waals surface area contributed by atoms with Crippen LogP contribution in [0.25, 0.3) is 0 Å². The second-order valence-corrected chi connectivity index (χ2v) is 5.49. The van der Waals surface area contributed by atoms with Crippen LogP contribution < -0.4 is 11.1 Å². The van der Waals surface area contributed by atoms with Crippen molar-refractivity contribution in [3.63, 3.8) is 0 Å². The van der Waals surface area contributed by atoms with E-state index in [-0.39, 0.29) is 6.61 Å². The highest BCUT2D eigenvalue weighted by Crippen LogP contribution is 2.22. The van der Waals surface area contributed by atoms with E-state index in [9.17, 15) is 18.0 Å². The molecule has 0 spiro atoms. The first-order chi connectivity index (χ1) is 9.90. The first kappa shape index (κ1) is 20.2. The Morgan fingerprint density at radius 2 is 1.91 bits per heavy atom. The Bertz CT molecular complexity index is 440. The van der Waals surface area contributed by atoms with Crippen LogP contribution in [0.1, 0.15) is 27.7 Å². The molecule has 1 amide bonds. The van der Waals surface area contributed by atoms with E-state index in [1.165, 1.54) is 14.0 Å². The molecule has 128 valence electrons. The Morgan fingerprint density at radius 1 is 1.36 bits per heavy atom. The smallest absolute Gasteiger partial charge is 0.435 e. The van der Waals surface area contributed by atoms with E-state index in [1.807, 2.05) is 5.32 Å². The molecule has 0 saturated heterocycles. The third-order valence-electron chi connectivity index (χ3n) is 2.08. The van der Waals surface area contributed by atoms with Crippen molar-refractivity contribution >= 4 is 11.8 Å². The number of alkyl carbamates (subject to hydrolysis) is 1. The molecule has 22 heavy (non-hydrogen) atoms. The zero-order chi connectivity index (χ0) is 17.6. The van der Waals surface area contributed by atoms with Gasteiger partial charge >= 0.3 is 12.3 Å². The van der Waals surface area contributed by atoms with Crippen molar-refractivity contribution in [1.82, 2.24) is 5.32 Å². The van der Waals surface area contributed by atoms with Gasteiger partial charge in [-0.1, -0.05) is 0 Å². The third kappa shape index (κ3) is 7.87. The summed E-state index contributed by atoms with van der Waals surface area (Å²) in [6, 6.07) is -0.767. The number of nitrogens with zero attached hydrogens (tertiary/aromatic N) is 1. The molecule has 1 atom stereocenters. The predicted molar refractivity (Wildman–Crippen MR) is 76.5 cm³/mol. The number of carbonyl (C=O) groups is 1. The quantitative estimate of drug-likeness (QED) is 0.760. The van der Waals surface area contributed by atoms with Crippen LogP contribution in [-0.4, -0.2) is 43.3 Å². The average molecular weight is 325 g/mol. The van der Waals surface area contributed by atoms with E-state index in [1.54, 1.807) is 20.8 Å². The lowest BCUT2D eigenvalue weighted by Gasteiger charge is -2.21. The molecule has 1 unspecified atom stereocenters. The van der Waals surface area contributed by atoms with Gasteiger partial charge in [-0.15, -0.1) is 0 Å². The van der Waals surface area contributed by atoms with E-state index in [4.69, 9.17) is 15.2 Å². The van der Waals surface area contributed by atoms with Crippen molar-refractivity contribution in [2.24, 2.45) is 10.7 Å². The summed E-state index contributed by atoms with van der Waals surface area (Å²) in [7, 11) is 1.35. The molecular formula is C13H22F3N3O3. The van der Waals surface area contributed by atoms with Crippen LogP contribution in [-0.2, 0) is 9.47 Å². The van der Waals surface area contributed by atoms with Gasteiger partial charge in [0.2, 0.25) is 0 Å². The van der Waals surface area contributed by atoms with Crippen LogP contribution in [0.3, 0.4) is 0 Å². The van der Waals surface area contributed by atoms with Crippen molar-refractivity contribution < 1.29 is 27.4 Å². The number of methoxy groups -OCH3 is 1. The number of halogens is 3. The van der Waals surface area contributed by atoms with Crippen LogP contribution in [0, 0.1) is 0 Å². The van der Waals surface area contributed by atoms with E-state index in [0.717, 1.165) is 0 Å². The molecule has 0 aromatic rings. The average Bonchev–Trinajstić information content (AvgIpc) is 2.30. The molecule has 0 fully saturated rings. The fourth-order valence-corrected chi connectivity index (χ4v) is 1.39. The van der Waals surface area contributed by atoms with Crippen molar-refractivity contribution in [3.05, 3.63) is 11.9 Å². The Labute approximate surface area is 127 Å². The molecule has 3 N–H and O–H groups in total. The number of aliphatic imine (C=N–C) groups is 1. The molecule has 0 rings (SSSR count). The number of hydrogen-bond acceptors (Lipinski definition) is 5. The Morgan fingerprint density at radius 3 is 2.27 bits per heavy atom. The number of amides is 1. The summed E-state index contributed by atoms with van der Waals surface area (Å²) in [6.07, 6.45) is -5.22. The lowest BCUT2D eigenvalue weighted by Crippen LogP contribution is -2.39. The predicted octanol–water partition coefficient (Wildman–Crippen LogP) is 2.35. The summed E-state index contributed by atoms with van der Waals surface area (Å²) in [6.45, 7) is 6.17. The molecule has 0 aromatic heterocycles. The van der Waals surface area contributed by atoms with Crippen LogP contribution >= 0.6 is 0 Å². The lowest BCUT2D eigenvalue weighted by molar-refractivity contribution is -0.0589. The van der Waals surface area contributed by atoms with E-state index in [2.05, 4.69) is 4.99 Å². The standard InChI is InChI=1S/C13H22F3N3O3/c1-8(7-21-5)18-10(13(14,15)16)9(6-17)19-11(20)22-12(2,3)4/h6,8H,7,17H2,1-5H3,(H,19,20)/b9-6+,18-10?. The van der Waals surface area contributed by atoms with E-state index < -0.39 is 35.3 Å². The minimum Gasteiger partial charge on any atom is -0.444 e. The van der Waals surface area contributed by atoms with Gasteiger partial charge in [0.25, 0.3) is 0 Å². The van der Waals surface area contributed by atoms with Gasteiger partial charge in [0, 0.05) is 13.3 Å². The molecule has 0 saturated carbocycles. The monoisotopic (exact) mass is 325 g/mol. The zero-order valence-corrected chi connectivity index (χ0v) is 13.2. The third-order valence-corrected chi connectivity index (χ3v) is 2.08. The second kappa shape index (κ2) is 8.02. The molecule has 0 aliphatic heterocycles. The van der Waals surface area contributed by atoms with Crippen molar-refractivity contribution in [2.75, 3.05) is 13.7 Å². The van der Waals surface area contributed by atoms with E-state index in [0.29, 0.717) is 6.20 Å². The zero-order valence-electron chi connectivity index (χ0n) is 13.2. The largest absolute Gasteiger partial charge is 0.444 e. The number of nitrogens with two attached hydrogens (primary N) is 1. The number of ether oxygens (including phenoxy) is 2. The van der Waals surface area contributed by atoms with Crippen LogP contribution in [0.4, 0.5) is 18.0 Å². The minimum atomic E-state index is -4.79. The first-order valence-corrected chi connectivity index (χ1v) is 6.47. The summed E-state index contributed by atoms with van der Waals surface area (Å²) >= 11 is 0. The molecule has 0 aliphatic rings. The molecule has 0 aromatic carbocycles. The van der Waals surface area contributed by atoms with Gasteiger partial charge in [-0.3, -0.25) is 10.3 Å². The summed E-state index contributed by atoms with van der Waals surface area (Å²) in [5.74, 6) is 0. The minimum absolute atomic E-state index is 0.0101. The number of hydrogen-bond donors (Lipinski definition) is 2. The molecule has 0 bridgehead atoms. The highest BCUT2D eigenvalue weighted by atomic mass is 19.4. The van der Waals surface area contributed by atoms with Crippen LogP contribution in [0.5, 0.6) is 0 Å². The molecule has 0 heterocycles. The number of rotatable bonds is 5. The van der Waals surface area contributed by atoms with Gasteiger partial charge in [0.05, 0.1) is 18.3 Å². The van der Waals surface area contributed by atoms with Crippen LogP contribution in [0.2, 0.25) is 0 Å². The van der Waals surface area contributed by atoms with E-state index >= 15 is 0 Å². The molecular weight excluding hydrogens is 303 g/mol. The lowest BCUT2D eigenvalue weighted by atomic mass is 10.2.